The first-order valence-electron chi connectivity index (χ1n) is 7.12. The van der Waals surface area contributed by atoms with E-state index in [0.29, 0.717) is 18.5 Å². The predicted octanol–water partition coefficient (Wildman–Crippen LogP) is 1.97. The summed E-state index contributed by atoms with van der Waals surface area (Å²) in [6.45, 7) is 0.672. The summed E-state index contributed by atoms with van der Waals surface area (Å²) in [6.07, 6.45) is 3.84. The standard InChI is InChI=1S/C16H20N2O/c17-11-16(13-4-2-1-3-5-13)8-14(9-16)18-10-15(19)12-6-7-12/h1-5,12,14-15,18-19H,6-10H2. The summed E-state index contributed by atoms with van der Waals surface area (Å²) in [4.78, 5) is 0. The Morgan fingerprint density at radius 3 is 2.58 bits per heavy atom. The van der Waals surface area contributed by atoms with Gasteiger partial charge in [0.2, 0.25) is 0 Å². The van der Waals surface area contributed by atoms with Crippen molar-refractivity contribution >= 4 is 0 Å². The molecule has 19 heavy (non-hydrogen) atoms. The molecule has 2 saturated carbocycles. The fourth-order valence-electron chi connectivity index (χ4n) is 3.01. The van der Waals surface area contributed by atoms with Gasteiger partial charge in [-0.2, -0.15) is 5.26 Å². The average Bonchev–Trinajstić information content (AvgIpc) is 3.23. The SMILES string of the molecule is N#CC1(c2ccccc2)CC(NCC(O)C2CC2)C1. The number of rotatable bonds is 5. The number of nitrogens with zero attached hydrogens (tertiary/aromatic N) is 1. The van der Waals surface area contributed by atoms with Crippen LogP contribution in [0.25, 0.3) is 0 Å². The summed E-state index contributed by atoms with van der Waals surface area (Å²) < 4.78 is 0. The number of aliphatic hydroxyl groups is 1. The molecule has 3 heteroatoms. The van der Waals surface area contributed by atoms with Gasteiger partial charge in [-0.25, -0.2) is 0 Å². The van der Waals surface area contributed by atoms with Gasteiger partial charge in [0.05, 0.1) is 17.6 Å². The second-order valence-corrected chi connectivity index (χ2v) is 5.98. The van der Waals surface area contributed by atoms with Gasteiger partial charge in [0.15, 0.2) is 0 Å². The van der Waals surface area contributed by atoms with Crippen LogP contribution in [-0.2, 0) is 5.41 Å². The van der Waals surface area contributed by atoms with Crippen molar-refractivity contribution in [1.29, 1.82) is 5.26 Å². The van der Waals surface area contributed by atoms with Gasteiger partial charge in [-0.15, -0.1) is 0 Å². The molecule has 1 aromatic carbocycles. The van der Waals surface area contributed by atoms with E-state index in [9.17, 15) is 10.4 Å². The highest BCUT2D eigenvalue weighted by Gasteiger charge is 2.46. The Morgan fingerprint density at radius 1 is 1.32 bits per heavy atom. The van der Waals surface area contributed by atoms with E-state index in [4.69, 9.17) is 0 Å². The lowest BCUT2D eigenvalue weighted by Gasteiger charge is -2.43. The van der Waals surface area contributed by atoms with Crippen LogP contribution >= 0.6 is 0 Å². The zero-order valence-electron chi connectivity index (χ0n) is 11.0. The fraction of sp³-hybridized carbons (Fsp3) is 0.562. The second-order valence-electron chi connectivity index (χ2n) is 5.98. The normalized spacial score (nSPS) is 31.3. The molecule has 3 nitrogen and oxygen atoms in total. The minimum Gasteiger partial charge on any atom is -0.392 e. The Bertz CT molecular complexity index is 469. The molecule has 1 atom stereocenters. The summed E-state index contributed by atoms with van der Waals surface area (Å²) in [5, 5.41) is 22.7. The third-order valence-electron chi connectivity index (χ3n) is 4.51. The van der Waals surface area contributed by atoms with E-state index in [2.05, 4.69) is 11.4 Å². The molecular formula is C16H20N2O. The molecule has 2 fully saturated rings. The Balaban J connectivity index is 1.53. The summed E-state index contributed by atoms with van der Waals surface area (Å²) in [6, 6.07) is 12.9. The first-order chi connectivity index (χ1) is 9.23. The zero-order valence-corrected chi connectivity index (χ0v) is 11.0. The molecule has 2 aliphatic carbocycles. The monoisotopic (exact) mass is 256 g/mol. The molecule has 2 N–H and O–H groups in total. The van der Waals surface area contributed by atoms with Crippen LogP contribution in [0.5, 0.6) is 0 Å². The summed E-state index contributed by atoms with van der Waals surface area (Å²) in [5.74, 6) is 0.516. The molecule has 0 aliphatic heterocycles. The van der Waals surface area contributed by atoms with Crippen molar-refractivity contribution in [3.8, 4) is 6.07 Å². The summed E-state index contributed by atoms with van der Waals surface area (Å²) >= 11 is 0. The van der Waals surface area contributed by atoms with Gasteiger partial charge in [-0.3, -0.25) is 0 Å². The Labute approximate surface area is 114 Å². The van der Waals surface area contributed by atoms with Crippen molar-refractivity contribution in [2.24, 2.45) is 5.92 Å². The number of aliphatic hydroxyl groups excluding tert-OH is 1. The van der Waals surface area contributed by atoms with Crippen molar-refractivity contribution in [2.45, 2.75) is 43.2 Å². The Morgan fingerprint density at radius 2 is 2.00 bits per heavy atom. The van der Waals surface area contributed by atoms with Crippen LogP contribution in [0.15, 0.2) is 30.3 Å². The van der Waals surface area contributed by atoms with Crippen LogP contribution in [0.1, 0.15) is 31.2 Å². The van der Waals surface area contributed by atoms with Gasteiger partial charge in [0.1, 0.15) is 0 Å². The van der Waals surface area contributed by atoms with Crippen LogP contribution in [-0.4, -0.2) is 23.8 Å². The van der Waals surface area contributed by atoms with Gasteiger partial charge in [0, 0.05) is 12.6 Å². The smallest absolute Gasteiger partial charge is 0.0852 e. The van der Waals surface area contributed by atoms with Crippen molar-refractivity contribution in [3.63, 3.8) is 0 Å². The Hall–Kier alpha value is -1.37. The minimum atomic E-state index is -0.316. The van der Waals surface area contributed by atoms with Gasteiger partial charge in [-0.1, -0.05) is 30.3 Å². The fourth-order valence-corrected chi connectivity index (χ4v) is 3.01. The van der Waals surface area contributed by atoms with E-state index in [1.165, 1.54) is 12.8 Å². The maximum atomic E-state index is 9.83. The number of hydrogen-bond acceptors (Lipinski definition) is 3. The van der Waals surface area contributed by atoms with E-state index in [1.807, 2.05) is 30.3 Å². The quantitative estimate of drug-likeness (QED) is 0.847. The molecule has 0 aromatic heterocycles. The molecule has 0 radical (unpaired) electrons. The lowest BCUT2D eigenvalue weighted by molar-refractivity contribution is 0.128. The van der Waals surface area contributed by atoms with Crippen molar-refractivity contribution in [2.75, 3.05) is 6.54 Å². The first kappa shape index (κ1) is 12.7. The molecule has 0 saturated heterocycles. The minimum absolute atomic E-state index is 0.200. The van der Waals surface area contributed by atoms with Crippen molar-refractivity contribution in [3.05, 3.63) is 35.9 Å². The molecular weight excluding hydrogens is 236 g/mol. The molecule has 0 spiro atoms. The third kappa shape index (κ3) is 2.51. The lowest BCUT2D eigenvalue weighted by Crippen LogP contribution is -2.52. The molecule has 1 aromatic rings. The van der Waals surface area contributed by atoms with Gasteiger partial charge in [0.25, 0.3) is 0 Å². The van der Waals surface area contributed by atoms with E-state index >= 15 is 0 Å². The maximum absolute atomic E-state index is 9.83. The number of nitrogens with one attached hydrogen (secondary N) is 1. The van der Waals surface area contributed by atoms with Crippen molar-refractivity contribution in [1.82, 2.24) is 5.32 Å². The first-order valence-corrected chi connectivity index (χ1v) is 7.12. The lowest BCUT2D eigenvalue weighted by atomic mass is 9.62. The largest absolute Gasteiger partial charge is 0.392 e. The van der Waals surface area contributed by atoms with Gasteiger partial charge >= 0.3 is 0 Å². The number of hydrogen-bond donors (Lipinski definition) is 2. The third-order valence-corrected chi connectivity index (χ3v) is 4.51. The van der Waals surface area contributed by atoms with Crippen LogP contribution in [0.2, 0.25) is 0 Å². The molecule has 3 rings (SSSR count). The van der Waals surface area contributed by atoms with Crippen LogP contribution < -0.4 is 5.32 Å². The van der Waals surface area contributed by atoms with E-state index in [-0.39, 0.29) is 11.5 Å². The van der Waals surface area contributed by atoms with Crippen LogP contribution in [0, 0.1) is 17.2 Å². The number of benzene rings is 1. The maximum Gasteiger partial charge on any atom is 0.0852 e. The molecule has 2 aliphatic rings. The highest BCUT2D eigenvalue weighted by atomic mass is 16.3. The highest BCUT2D eigenvalue weighted by Crippen LogP contribution is 2.43. The van der Waals surface area contributed by atoms with E-state index in [0.717, 1.165) is 18.4 Å². The summed E-state index contributed by atoms with van der Waals surface area (Å²) in [5.41, 5.74) is 0.807. The van der Waals surface area contributed by atoms with E-state index < -0.39 is 0 Å². The highest BCUT2D eigenvalue weighted by molar-refractivity contribution is 5.36. The van der Waals surface area contributed by atoms with Crippen LogP contribution in [0.4, 0.5) is 0 Å². The molecule has 1 unspecified atom stereocenters. The van der Waals surface area contributed by atoms with Crippen LogP contribution in [0.3, 0.4) is 0 Å². The average molecular weight is 256 g/mol. The predicted molar refractivity (Wildman–Crippen MR) is 73.5 cm³/mol. The zero-order chi connectivity index (χ0) is 13.3. The Kier molecular flexibility index (Phi) is 3.30. The second kappa shape index (κ2) is 4.96. The number of nitriles is 1. The molecule has 0 bridgehead atoms. The molecule has 100 valence electrons. The van der Waals surface area contributed by atoms with Gasteiger partial charge < -0.3 is 10.4 Å². The van der Waals surface area contributed by atoms with Gasteiger partial charge in [-0.05, 0) is 37.2 Å². The molecule has 0 heterocycles. The van der Waals surface area contributed by atoms with Crippen molar-refractivity contribution < 1.29 is 5.11 Å². The van der Waals surface area contributed by atoms with E-state index in [1.54, 1.807) is 0 Å². The summed E-state index contributed by atoms with van der Waals surface area (Å²) in [7, 11) is 0. The topological polar surface area (TPSA) is 56.0 Å². The molecule has 0 amide bonds.